The molecule has 142 valence electrons. The first-order chi connectivity index (χ1) is 14.2. The van der Waals surface area contributed by atoms with Gasteiger partial charge in [-0.25, -0.2) is 0 Å². The molecular weight excluding hydrogens is 360 g/mol. The predicted octanol–water partition coefficient (Wildman–Crippen LogP) is 5.38. The number of ether oxygens (including phenoxy) is 1. The molecule has 1 aromatic heterocycles. The number of anilines is 1. The minimum atomic E-state index is -0.412. The van der Waals surface area contributed by atoms with Crippen LogP contribution in [0.4, 0.5) is 5.69 Å². The molecule has 0 aliphatic carbocycles. The van der Waals surface area contributed by atoms with E-state index in [0.717, 1.165) is 44.7 Å². The van der Waals surface area contributed by atoms with Gasteiger partial charge in [0.15, 0.2) is 0 Å². The van der Waals surface area contributed by atoms with Gasteiger partial charge in [-0.2, -0.15) is 0 Å². The van der Waals surface area contributed by atoms with E-state index in [1.54, 1.807) is 0 Å². The number of pyridine rings is 1. The molecular formula is C25H20N2O2. The lowest BCUT2D eigenvalue weighted by molar-refractivity contribution is -0.116. The van der Waals surface area contributed by atoms with Crippen LogP contribution in [0.3, 0.4) is 0 Å². The summed E-state index contributed by atoms with van der Waals surface area (Å²) in [6, 6.07) is 26.0. The van der Waals surface area contributed by atoms with Crippen molar-refractivity contribution in [3.8, 4) is 16.9 Å². The van der Waals surface area contributed by atoms with Crippen LogP contribution in [0.5, 0.6) is 5.75 Å². The molecule has 0 spiro atoms. The summed E-state index contributed by atoms with van der Waals surface area (Å²) in [4.78, 5) is 17.6. The van der Waals surface area contributed by atoms with Gasteiger partial charge in [-0.3, -0.25) is 9.78 Å². The van der Waals surface area contributed by atoms with E-state index in [4.69, 9.17) is 9.72 Å². The van der Waals surface area contributed by atoms with Crippen LogP contribution < -0.4 is 10.1 Å². The van der Waals surface area contributed by atoms with E-state index in [0.29, 0.717) is 6.61 Å². The zero-order valence-electron chi connectivity index (χ0n) is 16.1. The van der Waals surface area contributed by atoms with Crippen molar-refractivity contribution in [1.29, 1.82) is 0 Å². The molecule has 0 saturated carbocycles. The Labute approximate surface area is 169 Å². The van der Waals surface area contributed by atoms with Crippen LogP contribution in [-0.2, 0) is 4.79 Å². The number of nitrogens with one attached hydrogen (secondary N) is 1. The minimum Gasteiger partial charge on any atom is -0.494 e. The summed E-state index contributed by atoms with van der Waals surface area (Å²) in [5.74, 6) is 0.389. The molecule has 0 bridgehead atoms. The maximum Gasteiger partial charge on any atom is 0.238 e. The van der Waals surface area contributed by atoms with E-state index >= 15 is 0 Å². The standard InChI is InChI=1S/C25H20N2O2/c1-2-29-19-8-5-7-17(14-19)18-11-12-22-20(15-18)24(25(28)27-22)23-13-10-16-6-3-4-9-21(16)26-23/h3-15,24H,2H2,1H3,(H,27,28). The lowest BCUT2D eigenvalue weighted by Gasteiger charge is -2.12. The average molecular weight is 380 g/mol. The van der Waals surface area contributed by atoms with E-state index in [2.05, 4.69) is 17.4 Å². The fraction of sp³-hybridized carbons (Fsp3) is 0.120. The number of rotatable bonds is 4. The number of para-hydroxylation sites is 1. The Morgan fingerprint density at radius 3 is 2.69 bits per heavy atom. The van der Waals surface area contributed by atoms with Crippen molar-refractivity contribution in [3.63, 3.8) is 0 Å². The van der Waals surface area contributed by atoms with Gasteiger partial charge in [0.2, 0.25) is 5.91 Å². The maximum absolute atomic E-state index is 12.8. The van der Waals surface area contributed by atoms with Gasteiger partial charge in [-0.05, 0) is 60.0 Å². The highest BCUT2D eigenvalue weighted by Gasteiger charge is 2.33. The summed E-state index contributed by atoms with van der Waals surface area (Å²) in [5, 5.41) is 4.07. The van der Waals surface area contributed by atoms with Crippen LogP contribution in [0.25, 0.3) is 22.0 Å². The molecule has 5 rings (SSSR count). The van der Waals surface area contributed by atoms with Crippen LogP contribution in [0, 0.1) is 0 Å². The SMILES string of the molecule is CCOc1cccc(-c2ccc3c(c2)C(c2ccc4ccccc4n2)C(=O)N3)c1. The van der Waals surface area contributed by atoms with E-state index in [1.165, 1.54) is 0 Å². The second-order valence-corrected chi connectivity index (χ2v) is 7.11. The molecule has 1 atom stereocenters. The topological polar surface area (TPSA) is 51.2 Å². The van der Waals surface area contributed by atoms with Gasteiger partial charge < -0.3 is 10.1 Å². The molecule has 0 radical (unpaired) electrons. The number of fused-ring (bicyclic) bond motifs is 2. The van der Waals surface area contributed by atoms with Crippen molar-refractivity contribution in [2.24, 2.45) is 0 Å². The van der Waals surface area contributed by atoms with Crippen molar-refractivity contribution in [1.82, 2.24) is 4.98 Å². The smallest absolute Gasteiger partial charge is 0.238 e. The Balaban J connectivity index is 1.58. The van der Waals surface area contributed by atoms with Gasteiger partial charge in [0.25, 0.3) is 0 Å². The molecule has 1 amide bonds. The van der Waals surface area contributed by atoms with Crippen LogP contribution in [0.2, 0.25) is 0 Å². The van der Waals surface area contributed by atoms with Crippen LogP contribution >= 0.6 is 0 Å². The third-order valence-electron chi connectivity index (χ3n) is 5.28. The van der Waals surface area contributed by atoms with Crippen LogP contribution in [0.15, 0.2) is 78.9 Å². The molecule has 3 aromatic carbocycles. The summed E-state index contributed by atoms with van der Waals surface area (Å²) in [6.45, 7) is 2.60. The van der Waals surface area contributed by atoms with Gasteiger partial charge in [-0.1, -0.05) is 42.5 Å². The summed E-state index contributed by atoms with van der Waals surface area (Å²) >= 11 is 0. The van der Waals surface area contributed by atoms with Crippen molar-refractivity contribution < 1.29 is 9.53 Å². The first-order valence-corrected chi connectivity index (χ1v) is 9.76. The van der Waals surface area contributed by atoms with Gasteiger partial charge >= 0.3 is 0 Å². The highest BCUT2D eigenvalue weighted by molar-refractivity contribution is 6.05. The van der Waals surface area contributed by atoms with Gasteiger partial charge in [0.1, 0.15) is 11.7 Å². The number of carbonyl (C=O) groups excluding carboxylic acids is 1. The molecule has 2 heterocycles. The predicted molar refractivity (Wildman–Crippen MR) is 115 cm³/mol. The first-order valence-electron chi connectivity index (χ1n) is 9.76. The van der Waals surface area contributed by atoms with Crippen molar-refractivity contribution in [3.05, 3.63) is 90.1 Å². The monoisotopic (exact) mass is 380 g/mol. The van der Waals surface area contributed by atoms with Crippen LogP contribution in [-0.4, -0.2) is 17.5 Å². The van der Waals surface area contributed by atoms with Crippen molar-refractivity contribution >= 4 is 22.5 Å². The Kier molecular flexibility index (Phi) is 4.24. The third kappa shape index (κ3) is 3.13. The number of carbonyl (C=O) groups is 1. The van der Waals surface area contributed by atoms with Crippen molar-refractivity contribution in [2.45, 2.75) is 12.8 Å². The number of aromatic nitrogens is 1. The van der Waals surface area contributed by atoms with Gasteiger partial charge in [0.05, 0.1) is 17.8 Å². The molecule has 1 N–H and O–H groups in total. The normalized spacial score (nSPS) is 15.2. The highest BCUT2D eigenvalue weighted by atomic mass is 16.5. The molecule has 4 heteroatoms. The summed E-state index contributed by atoms with van der Waals surface area (Å²) < 4.78 is 5.63. The average Bonchev–Trinajstić information content (AvgIpc) is 3.08. The second-order valence-electron chi connectivity index (χ2n) is 7.11. The number of hydrogen-bond acceptors (Lipinski definition) is 3. The van der Waals surface area contributed by atoms with Gasteiger partial charge in [0, 0.05) is 11.1 Å². The van der Waals surface area contributed by atoms with Gasteiger partial charge in [-0.15, -0.1) is 0 Å². The van der Waals surface area contributed by atoms with E-state index in [9.17, 15) is 4.79 Å². The second kappa shape index (κ2) is 7.06. The summed E-state index contributed by atoms with van der Waals surface area (Å²) in [7, 11) is 0. The quantitative estimate of drug-likeness (QED) is 0.517. The fourth-order valence-electron chi connectivity index (χ4n) is 3.91. The minimum absolute atomic E-state index is 0.0389. The maximum atomic E-state index is 12.8. The zero-order valence-corrected chi connectivity index (χ0v) is 16.1. The molecule has 4 aromatic rings. The van der Waals surface area contributed by atoms with Crippen LogP contribution in [0.1, 0.15) is 24.1 Å². The van der Waals surface area contributed by atoms with E-state index in [1.807, 2.05) is 73.7 Å². The largest absolute Gasteiger partial charge is 0.494 e. The zero-order chi connectivity index (χ0) is 19.8. The lowest BCUT2D eigenvalue weighted by atomic mass is 9.93. The number of benzene rings is 3. The molecule has 29 heavy (non-hydrogen) atoms. The molecule has 1 unspecified atom stereocenters. The van der Waals surface area contributed by atoms with E-state index in [-0.39, 0.29) is 5.91 Å². The molecule has 1 aliphatic rings. The summed E-state index contributed by atoms with van der Waals surface area (Å²) in [6.07, 6.45) is 0. The first kappa shape index (κ1) is 17.4. The highest BCUT2D eigenvalue weighted by Crippen LogP contribution is 2.39. The Hall–Kier alpha value is -3.66. The van der Waals surface area contributed by atoms with Crippen molar-refractivity contribution in [2.75, 3.05) is 11.9 Å². The van der Waals surface area contributed by atoms with E-state index < -0.39 is 5.92 Å². The fourth-order valence-corrected chi connectivity index (χ4v) is 3.91. The molecule has 0 fully saturated rings. The molecule has 4 nitrogen and oxygen atoms in total. The third-order valence-corrected chi connectivity index (χ3v) is 5.28. The lowest BCUT2D eigenvalue weighted by Crippen LogP contribution is -2.14. The Morgan fingerprint density at radius 1 is 0.931 bits per heavy atom. The summed E-state index contributed by atoms with van der Waals surface area (Å²) in [5.41, 5.74) is 5.57. The number of nitrogens with zero attached hydrogens (tertiary/aromatic N) is 1. The molecule has 1 aliphatic heterocycles. The number of amides is 1. The Morgan fingerprint density at radius 2 is 1.79 bits per heavy atom. The molecule has 0 saturated heterocycles. The Bertz CT molecular complexity index is 1230. The number of hydrogen-bond donors (Lipinski definition) is 1.